The highest BCUT2D eigenvalue weighted by Crippen LogP contribution is 2.20. The van der Waals surface area contributed by atoms with E-state index in [1.165, 1.54) is 0 Å². The van der Waals surface area contributed by atoms with Crippen LogP contribution in [0.25, 0.3) is 0 Å². The highest BCUT2D eigenvalue weighted by Gasteiger charge is 2.34. The van der Waals surface area contributed by atoms with Gasteiger partial charge in [-0.25, -0.2) is 4.79 Å². The minimum Gasteiger partial charge on any atom is -0.497 e. The molecule has 0 spiro atoms. The fourth-order valence-corrected chi connectivity index (χ4v) is 1.83. The van der Waals surface area contributed by atoms with Crippen LogP contribution in [0.2, 0.25) is 0 Å². The largest absolute Gasteiger partial charge is 0.497 e. The smallest absolute Gasteiger partial charge is 0.407 e. The van der Waals surface area contributed by atoms with E-state index in [0.29, 0.717) is 6.61 Å². The van der Waals surface area contributed by atoms with Crippen LogP contribution < -0.4 is 10.1 Å². The molecule has 1 aliphatic rings. The van der Waals surface area contributed by atoms with Crippen LogP contribution in [0.3, 0.4) is 0 Å². The van der Waals surface area contributed by atoms with Gasteiger partial charge in [-0.3, -0.25) is 0 Å². The van der Waals surface area contributed by atoms with Gasteiger partial charge in [0.15, 0.2) is 0 Å². The van der Waals surface area contributed by atoms with Crippen molar-refractivity contribution in [1.29, 1.82) is 0 Å². The fraction of sp³-hybridized carbons (Fsp3) is 0.417. The number of cyclic esters (lactones) is 1. The van der Waals surface area contributed by atoms with Gasteiger partial charge in [-0.05, 0) is 31.0 Å². The summed E-state index contributed by atoms with van der Waals surface area (Å²) in [5, 5.41) is 2.81. The predicted molar refractivity (Wildman–Crippen MR) is 59.6 cm³/mol. The molecule has 1 fully saturated rings. The number of alkyl carbamates (subject to hydrolysis) is 1. The molecule has 0 radical (unpaired) electrons. The third-order valence-electron chi connectivity index (χ3n) is 2.68. The van der Waals surface area contributed by atoms with Crippen molar-refractivity contribution in [2.24, 2.45) is 0 Å². The van der Waals surface area contributed by atoms with Gasteiger partial charge in [-0.2, -0.15) is 0 Å². The Bertz CT molecular complexity index is 388. The van der Waals surface area contributed by atoms with Gasteiger partial charge in [-0.15, -0.1) is 0 Å². The summed E-state index contributed by atoms with van der Waals surface area (Å²) in [5.41, 5.74) is 0.847. The van der Waals surface area contributed by atoms with E-state index in [0.717, 1.165) is 17.7 Å². The first-order valence-electron chi connectivity index (χ1n) is 5.19. The summed E-state index contributed by atoms with van der Waals surface area (Å²) in [6, 6.07) is 7.82. The second-order valence-electron chi connectivity index (χ2n) is 4.29. The van der Waals surface area contributed by atoms with Gasteiger partial charge in [-0.1, -0.05) is 12.1 Å². The molecule has 0 saturated carbocycles. The molecule has 4 nitrogen and oxygen atoms in total. The monoisotopic (exact) mass is 221 g/mol. The number of amides is 1. The van der Waals surface area contributed by atoms with Crippen molar-refractivity contribution in [2.75, 3.05) is 13.7 Å². The third kappa shape index (κ3) is 2.27. The Labute approximate surface area is 94.6 Å². The number of methoxy groups -OCH3 is 1. The van der Waals surface area contributed by atoms with Gasteiger partial charge in [0, 0.05) is 0 Å². The molecule has 0 bridgehead atoms. The van der Waals surface area contributed by atoms with Gasteiger partial charge in [0.25, 0.3) is 0 Å². The van der Waals surface area contributed by atoms with Crippen molar-refractivity contribution in [1.82, 2.24) is 5.32 Å². The lowest BCUT2D eigenvalue weighted by Gasteiger charge is -2.20. The summed E-state index contributed by atoms with van der Waals surface area (Å²) in [4.78, 5) is 11.0. The van der Waals surface area contributed by atoms with E-state index in [9.17, 15) is 4.79 Å². The molecule has 1 N–H and O–H groups in total. The highest BCUT2D eigenvalue weighted by atomic mass is 16.6. The molecule has 2 rings (SSSR count). The van der Waals surface area contributed by atoms with E-state index in [1.54, 1.807) is 7.11 Å². The van der Waals surface area contributed by atoms with E-state index < -0.39 is 0 Å². The molecule has 16 heavy (non-hydrogen) atoms. The van der Waals surface area contributed by atoms with E-state index in [2.05, 4.69) is 5.32 Å². The molecular formula is C12H15NO3. The molecule has 1 saturated heterocycles. The van der Waals surface area contributed by atoms with Crippen LogP contribution in [0.15, 0.2) is 24.3 Å². The molecule has 4 heteroatoms. The standard InChI is InChI=1S/C12H15NO3/c1-12(8-16-11(14)13-12)7-9-3-5-10(15-2)6-4-9/h3-6H,7-8H2,1-2H3,(H,13,14). The van der Waals surface area contributed by atoms with Crippen LogP contribution in [0.1, 0.15) is 12.5 Å². The molecule has 1 amide bonds. The molecule has 1 aromatic carbocycles. The molecule has 0 aromatic heterocycles. The van der Waals surface area contributed by atoms with Crippen molar-refractivity contribution in [2.45, 2.75) is 18.9 Å². The third-order valence-corrected chi connectivity index (χ3v) is 2.68. The number of rotatable bonds is 3. The van der Waals surface area contributed by atoms with Crippen LogP contribution in [-0.2, 0) is 11.2 Å². The molecule has 0 aliphatic carbocycles. The number of carbonyl (C=O) groups excluding carboxylic acids is 1. The van der Waals surface area contributed by atoms with Gasteiger partial charge >= 0.3 is 6.09 Å². The summed E-state index contributed by atoms with van der Waals surface area (Å²) in [5.74, 6) is 0.834. The number of carbonyl (C=O) groups is 1. The van der Waals surface area contributed by atoms with Crippen molar-refractivity contribution in [3.05, 3.63) is 29.8 Å². The lowest BCUT2D eigenvalue weighted by atomic mass is 9.94. The fourth-order valence-electron chi connectivity index (χ4n) is 1.83. The summed E-state index contributed by atoms with van der Waals surface area (Å²) < 4.78 is 10.00. The molecule has 1 unspecified atom stereocenters. The maximum Gasteiger partial charge on any atom is 0.407 e. The topological polar surface area (TPSA) is 47.6 Å². The van der Waals surface area contributed by atoms with Gasteiger partial charge in [0.2, 0.25) is 0 Å². The lowest BCUT2D eigenvalue weighted by Crippen LogP contribution is -2.42. The normalized spacial score (nSPS) is 23.8. The average Bonchev–Trinajstić information content (AvgIpc) is 2.59. The van der Waals surface area contributed by atoms with Crippen molar-refractivity contribution in [3.63, 3.8) is 0 Å². The molecular weight excluding hydrogens is 206 g/mol. The van der Waals surface area contributed by atoms with Gasteiger partial charge in [0.1, 0.15) is 12.4 Å². The van der Waals surface area contributed by atoms with Crippen LogP contribution >= 0.6 is 0 Å². The molecule has 86 valence electrons. The van der Waals surface area contributed by atoms with Crippen molar-refractivity contribution in [3.8, 4) is 5.75 Å². The zero-order valence-electron chi connectivity index (χ0n) is 9.45. The first-order chi connectivity index (χ1) is 7.61. The minimum absolute atomic E-state index is 0.300. The lowest BCUT2D eigenvalue weighted by molar-refractivity contribution is 0.173. The highest BCUT2D eigenvalue weighted by molar-refractivity contribution is 5.70. The number of ether oxygens (including phenoxy) is 2. The average molecular weight is 221 g/mol. The maximum absolute atomic E-state index is 11.0. The first-order valence-corrected chi connectivity index (χ1v) is 5.19. The number of hydrogen-bond acceptors (Lipinski definition) is 3. The summed E-state index contributed by atoms with van der Waals surface area (Å²) in [7, 11) is 1.64. The predicted octanol–water partition coefficient (Wildman–Crippen LogP) is 1.74. The Balaban J connectivity index is 2.06. The second-order valence-corrected chi connectivity index (χ2v) is 4.29. The van der Waals surface area contributed by atoms with Crippen LogP contribution in [0.5, 0.6) is 5.75 Å². The van der Waals surface area contributed by atoms with Crippen LogP contribution in [0, 0.1) is 0 Å². The van der Waals surface area contributed by atoms with Crippen molar-refractivity contribution < 1.29 is 14.3 Å². The van der Waals surface area contributed by atoms with E-state index in [-0.39, 0.29) is 11.6 Å². The summed E-state index contributed by atoms with van der Waals surface area (Å²) in [6.45, 7) is 2.39. The van der Waals surface area contributed by atoms with Gasteiger partial charge in [0.05, 0.1) is 12.6 Å². The van der Waals surface area contributed by atoms with Crippen LogP contribution in [0.4, 0.5) is 4.79 Å². The van der Waals surface area contributed by atoms with Crippen molar-refractivity contribution >= 4 is 6.09 Å². The quantitative estimate of drug-likeness (QED) is 0.845. The van der Waals surface area contributed by atoms with E-state index >= 15 is 0 Å². The van der Waals surface area contributed by atoms with E-state index in [4.69, 9.17) is 9.47 Å². The Morgan fingerprint density at radius 3 is 2.62 bits per heavy atom. The zero-order chi connectivity index (χ0) is 11.6. The molecule has 1 aromatic rings. The van der Waals surface area contributed by atoms with Gasteiger partial charge < -0.3 is 14.8 Å². The Hall–Kier alpha value is -1.71. The number of benzene rings is 1. The molecule has 1 atom stereocenters. The number of hydrogen-bond donors (Lipinski definition) is 1. The SMILES string of the molecule is COc1ccc(CC2(C)COC(=O)N2)cc1. The second kappa shape index (κ2) is 4.04. The first kappa shape index (κ1) is 10.8. The zero-order valence-corrected chi connectivity index (χ0v) is 9.45. The maximum atomic E-state index is 11.0. The Kier molecular flexibility index (Phi) is 2.73. The summed E-state index contributed by atoms with van der Waals surface area (Å²) >= 11 is 0. The number of nitrogens with one attached hydrogen (secondary N) is 1. The molecule has 1 heterocycles. The van der Waals surface area contributed by atoms with Crippen LogP contribution in [-0.4, -0.2) is 25.3 Å². The Morgan fingerprint density at radius 2 is 2.12 bits per heavy atom. The minimum atomic E-state index is -0.337. The van der Waals surface area contributed by atoms with E-state index in [1.807, 2.05) is 31.2 Å². The summed E-state index contributed by atoms with van der Waals surface area (Å²) in [6.07, 6.45) is 0.416. The Morgan fingerprint density at radius 1 is 1.44 bits per heavy atom. The molecule has 1 aliphatic heterocycles.